The average Bonchev–Trinajstić information content (AvgIpc) is 2.18. The summed E-state index contributed by atoms with van der Waals surface area (Å²) in [6.07, 6.45) is 0.564. The normalized spacial score (nSPS) is 14.0. The fourth-order valence-corrected chi connectivity index (χ4v) is 1.35. The van der Waals surface area contributed by atoms with Gasteiger partial charge in [-0.2, -0.15) is 0 Å². The molecule has 0 rings (SSSR count). The monoisotopic (exact) mass is 231 g/mol. The molecule has 0 fully saturated rings. The first-order chi connectivity index (χ1) is 7.52. The molecule has 0 bridgehead atoms. The maximum absolute atomic E-state index is 11.5. The summed E-state index contributed by atoms with van der Waals surface area (Å²) in [5, 5.41) is 0. The second-order valence-electron chi connectivity index (χ2n) is 3.56. The minimum atomic E-state index is -0.440. The molecule has 2 unspecified atom stereocenters. The Labute approximate surface area is 96.3 Å². The zero-order chi connectivity index (χ0) is 12.6. The number of rotatable bonds is 7. The van der Waals surface area contributed by atoms with Crippen molar-refractivity contribution < 1.29 is 19.1 Å². The van der Waals surface area contributed by atoms with Crippen molar-refractivity contribution >= 4 is 11.9 Å². The predicted octanol–water partition coefficient (Wildman–Crippen LogP) is 0.856. The molecule has 0 aliphatic carbocycles. The van der Waals surface area contributed by atoms with Crippen molar-refractivity contribution in [2.75, 3.05) is 13.2 Å². The quantitative estimate of drug-likeness (QED) is 0.657. The van der Waals surface area contributed by atoms with E-state index in [-0.39, 0.29) is 24.4 Å². The third-order valence-electron chi connectivity index (χ3n) is 2.19. The van der Waals surface area contributed by atoms with Crippen LogP contribution in [0.3, 0.4) is 0 Å². The standard InChI is InChI=1S/C11H21NO4/c1-4-15-10(13)7-6-9(8(3)12)11(14)16-5-2/h8-9H,4-7,12H2,1-3H3. The van der Waals surface area contributed by atoms with Crippen molar-refractivity contribution in [3.8, 4) is 0 Å². The highest BCUT2D eigenvalue weighted by Gasteiger charge is 2.24. The van der Waals surface area contributed by atoms with E-state index in [0.29, 0.717) is 19.6 Å². The van der Waals surface area contributed by atoms with Crippen LogP contribution in [0.4, 0.5) is 0 Å². The lowest BCUT2D eigenvalue weighted by atomic mass is 9.96. The molecule has 94 valence electrons. The molecule has 2 N–H and O–H groups in total. The fraction of sp³-hybridized carbons (Fsp3) is 0.818. The Bertz CT molecular complexity index is 228. The third-order valence-corrected chi connectivity index (χ3v) is 2.19. The molecule has 2 atom stereocenters. The average molecular weight is 231 g/mol. The number of hydrogen-bond acceptors (Lipinski definition) is 5. The van der Waals surface area contributed by atoms with Gasteiger partial charge in [0.05, 0.1) is 19.1 Å². The molecule has 0 aromatic rings. The van der Waals surface area contributed by atoms with E-state index in [4.69, 9.17) is 15.2 Å². The van der Waals surface area contributed by atoms with E-state index >= 15 is 0 Å². The number of nitrogens with two attached hydrogens (primary N) is 1. The summed E-state index contributed by atoms with van der Waals surface area (Å²) in [4.78, 5) is 22.6. The molecule has 0 aliphatic heterocycles. The van der Waals surface area contributed by atoms with Crippen LogP contribution in [-0.2, 0) is 19.1 Å². The van der Waals surface area contributed by atoms with Gasteiger partial charge in [0.2, 0.25) is 0 Å². The van der Waals surface area contributed by atoms with Crippen LogP contribution in [0, 0.1) is 5.92 Å². The molecule has 0 saturated heterocycles. The molecule has 0 aromatic heterocycles. The van der Waals surface area contributed by atoms with Gasteiger partial charge in [-0.3, -0.25) is 9.59 Å². The van der Waals surface area contributed by atoms with Crippen LogP contribution in [0.15, 0.2) is 0 Å². The molecule has 0 heterocycles. The fourth-order valence-electron chi connectivity index (χ4n) is 1.35. The van der Waals surface area contributed by atoms with E-state index in [1.807, 2.05) is 0 Å². The van der Waals surface area contributed by atoms with Gasteiger partial charge in [-0.15, -0.1) is 0 Å². The zero-order valence-corrected chi connectivity index (χ0v) is 10.2. The number of ether oxygens (including phenoxy) is 2. The van der Waals surface area contributed by atoms with Gasteiger partial charge >= 0.3 is 11.9 Å². The summed E-state index contributed by atoms with van der Waals surface area (Å²) >= 11 is 0. The van der Waals surface area contributed by atoms with Gasteiger partial charge in [0, 0.05) is 12.5 Å². The minimum absolute atomic E-state index is 0.193. The molecule has 16 heavy (non-hydrogen) atoms. The van der Waals surface area contributed by atoms with Crippen LogP contribution in [0.1, 0.15) is 33.6 Å². The number of carbonyl (C=O) groups excluding carboxylic acids is 2. The Morgan fingerprint density at radius 1 is 1.19 bits per heavy atom. The Morgan fingerprint density at radius 3 is 2.19 bits per heavy atom. The van der Waals surface area contributed by atoms with Gasteiger partial charge in [-0.1, -0.05) is 0 Å². The minimum Gasteiger partial charge on any atom is -0.466 e. The topological polar surface area (TPSA) is 78.6 Å². The van der Waals surface area contributed by atoms with E-state index in [1.54, 1.807) is 20.8 Å². The van der Waals surface area contributed by atoms with Gasteiger partial charge in [0.15, 0.2) is 0 Å². The van der Waals surface area contributed by atoms with E-state index in [0.717, 1.165) is 0 Å². The Kier molecular flexibility index (Phi) is 7.54. The van der Waals surface area contributed by atoms with Gasteiger partial charge in [-0.25, -0.2) is 0 Å². The Hall–Kier alpha value is -1.10. The van der Waals surface area contributed by atoms with Crippen molar-refractivity contribution in [2.45, 2.75) is 39.7 Å². The van der Waals surface area contributed by atoms with Crippen LogP contribution >= 0.6 is 0 Å². The highest BCUT2D eigenvalue weighted by molar-refractivity contribution is 5.75. The highest BCUT2D eigenvalue weighted by atomic mass is 16.5. The van der Waals surface area contributed by atoms with Crippen LogP contribution < -0.4 is 5.73 Å². The maximum atomic E-state index is 11.5. The molecule has 5 heteroatoms. The van der Waals surface area contributed by atoms with Crippen LogP contribution in [-0.4, -0.2) is 31.2 Å². The van der Waals surface area contributed by atoms with Gasteiger partial charge in [-0.05, 0) is 27.2 Å². The molecule has 0 radical (unpaired) electrons. The lowest BCUT2D eigenvalue weighted by Crippen LogP contribution is -2.34. The van der Waals surface area contributed by atoms with Crippen molar-refractivity contribution in [2.24, 2.45) is 11.7 Å². The third kappa shape index (κ3) is 5.70. The summed E-state index contributed by atoms with van der Waals surface area (Å²) in [7, 11) is 0. The first-order valence-corrected chi connectivity index (χ1v) is 5.60. The summed E-state index contributed by atoms with van der Waals surface area (Å²) < 4.78 is 9.67. The first kappa shape index (κ1) is 14.9. The number of esters is 2. The zero-order valence-electron chi connectivity index (χ0n) is 10.2. The lowest BCUT2D eigenvalue weighted by Gasteiger charge is -2.18. The number of hydrogen-bond donors (Lipinski definition) is 1. The van der Waals surface area contributed by atoms with Gasteiger partial charge in [0.25, 0.3) is 0 Å². The Balaban J connectivity index is 4.13. The van der Waals surface area contributed by atoms with Crippen molar-refractivity contribution in [1.29, 1.82) is 0 Å². The Morgan fingerprint density at radius 2 is 1.75 bits per heavy atom. The lowest BCUT2D eigenvalue weighted by molar-refractivity contribution is -0.149. The smallest absolute Gasteiger partial charge is 0.310 e. The summed E-state index contributed by atoms with van der Waals surface area (Å²) in [6, 6.07) is -0.325. The molecule has 0 spiro atoms. The summed E-state index contributed by atoms with van der Waals surface area (Å²) in [5.41, 5.74) is 5.68. The second kappa shape index (κ2) is 8.10. The molecule has 5 nitrogen and oxygen atoms in total. The van der Waals surface area contributed by atoms with Crippen molar-refractivity contribution in [3.05, 3.63) is 0 Å². The van der Waals surface area contributed by atoms with Gasteiger partial charge in [0.1, 0.15) is 0 Å². The van der Waals surface area contributed by atoms with Gasteiger partial charge < -0.3 is 15.2 Å². The van der Waals surface area contributed by atoms with Crippen molar-refractivity contribution in [3.63, 3.8) is 0 Å². The predicted molar refractivity (Wildman–Crippen MR) is 59.6 cm³/mol. The van der Waals surface area contributed by atoms with Crippen LogP contribution in [0.5, 0.6) is 0 Å². The molecule has 0 amide bonds. The molecule has 0 aliphatic rings. The summed E-state index contributed by atoms with van der Waals surface area (Å²) in [5.74, 6) is -1.09. The molecule has 0 saturated carbocycles. The number of carbonyl (C=O) groups is 2. The van der Waals surface area contributed by atoms with Crippen LogP contribution in [0.25, 0.3) is 0 Å². The second-order valence-corrected chi connectivity index (χ2v) is 3.56. The van der Waals surface area contributed by atoms with E-state index in [1.165, 1.54) is 0 Å². The van der Waals surface area contributed by atoms with E-state index in [9.17, 15) is 9.59 Å². The molecular weight excluding hydrogens is 210 g/mol. The van der Waals surface area contributed by atoms with E-state index < -0.39 is 5.92 Å². The van der Waals surface area contributed by atoms with Crippen LogP contribution in [0.2, 0.25) is 0 Å². The SMILES string of the molecule is CCOC(=O)CCC(C(=O)OCC)C(C)N. The highest BCUT2D eigenvalue weighted by Crippen LogP contribution is 2.13. The van der Waals surface area contributed by atoms with E-state index in [2.05, 4.69) is 0 Å². The van der Waals surface area contributed by atoms with Crippen molar-refractivity contribution in [1.82, 2.24) is 0 Å². The molecule has 0 aromatic carbocycles. The molecular formula is C11H21NO4. The maximum Gasteiger partial charge on any atom is 0.310 e. The first-order valence-electron chi connectivity index (χ1n) is 5.60. The summed E-state index contributed by atoms with van der Waals surface area (Å²) in [6.45, 7) is 5.88. The largest absolute Gasteiger partial charge is 0.466 e.